The second-order valence-electron chi connectivity index (χ2n) is 6.71. The molecule has 2 aliphatic rings. The number of carbonyl (C=O) groups excluding carboxylic acids is 3. The average molecular weight is 444 g/mol. The van der Waals surface area contributed by atoms with Gasteiger partial charge < -0.3 is 19.5 Å². The van der Waals surface area contributed by atoms with Gasteiger partial charge in [-0.25, -0.2) is 9.69 Å². The molecule has 31 heavy (non-hydrogen) atoms. The van der Waals surface area contributed by atoms with Gasteiger partial charge in [-0.1, -0.05) is 11.6 Å². The largest absolute Gasteiger partial charge is 0.493 e. The predicted molar refractivity (Wildman–Crippen MR) is 112 cm³/mol. The molecule has 4 amide bonds. The Morgan fingerprint density at radius 2 is 1.90 bits per heavy atom. The summed E-state index contributed by atoms with van der Waals surface area (Å²) in [5.41, 5.74) is 1.14. The first-order valence-corrected chi connectivity index (χ1v) is 9.86. The number of benzene rings is 2. The molecule has 0 aromatic heterocycles. The van der Waals surface area contributed by atoms with E-state index in [0.717, 1.165) is 4.90 Å². The Morgan fingerprint density at radius 1 is 1.19 bits per heavy atom. The van der Waals surface area contributed by atoms with Gasteiger partial charge in [0.25, 0.3) is 5.91 Å². The van der Waals surface area contributed by atoms with Crippen LogP contribution < -0.4 is 19.5 Å². The van der Waals surface area contributed by atoms with E-state index in [9.17, 15) is 14.4 Å². The topological polar surface area (TPSA) is 107 Å². The molecule has 0 aliphatic carbocycles. The third kappa shape index (κ3) is 4.46. The maximum absolute atomic E-state index is 12.7. The molecule has 10 heteroatoms. The molecule has 0 radical (unpaired) electrons. The molecule has 2 aromatic rings. The molecule has 9 nitrogen and oxygen atoms in total. The molecule has 0 unspecified atom stereocenters. The van der Waals surface area contributed by atoms with Gasteiger partial charge in [0.05, 0.1) is 6.61 Å². The highest BCUT2D eigenvalue weighted by Gasteiger charge is 2.35. The fraction of sp³-hybridized carbons (Fsp3) is 0.238. The molecule has 0 fully saturated rings. The minimum Gasteiger partial charge on any atom is -0.493 e. The minimum atomic E-state index is -0.787. The number of urea groups is 1. The molecule has 0 bridgehead atoms. The van der Waals surface area contributed by atoms with Crippen molar-refractivity contribution in [1.82, 2.24) is 4.90 Å². The Morgan fingerprint density at radius 3 is 2.61 bits per heavy atom. The zero-order chi connectivity index (χ0) is 22.0. The molecule has 0 saturated heterocycles. The van der Waals surface area contributed by atoms with Gasteiger partial charge in [0, 0.05) is 28.8 Å². The first-order chi connectivity index (χ1) is 14.9. The van der Waals surface area contributed by atoms with Crippen LogP contribution in [-0.4, -0.2) is 48.4 Å². The predicted octanol–water partition coefficient (Wildman–Crippen LogP) is 3.05. The van der Waals surface area contributed by atoms with Crippen molar-refractivity contribution >= 4 is 40.8 Å². The van der Waals surface area contributed by atoms with Crippen molar-refractivity contribution in [3.63, 3.8) is 0 Å². The van der Waals surface area contributed by atoms with Gasteiger partial charge in [-0.05, 0) is 37.3 Å². The first kappa shape index (κ1) is 20.7. The Balaban J connectivity index is 1.45. The van der Waals surface area contributed by atoms with E-state index in [0.29, 0.717) is 40.1 Å². The van der Waals surface area contributed by atoms with E-state index in [1.807, 2.05) is 6.92 Å². The SMILES string of the molecule is CCOc1cc2c(cc1CC1=NC(=O)N(CC(=O)Nc3ccc(Cl)cc3)C1=O)OCO2. The number of imide groups is 1. The number of fused-ring (bicyclic) bond motifs is 1. The van der Waals surface area contributed by atoms with Crippen molar-refractivity contribution in [2.45, 2.75) is 13.3 Å². The normalized spacial score (nSPS) is 14.6. The van der Waals surface area contributed by atoms with E-state index in [4.69, 9.17) is 25.8 Å². The van der Waals surface area contributed by atoms with E-state index >= 15 is 0 Å². The Kier molecular flexibility index (Phi) is 5.77. The summed E-state index contributed by atoms with van der Waals surface area (Å²) in [7, 11) is 0. The zero-order valence-corrected chi connectivity index (χ0v) is 17.3. The van der Waals surface area contributed by atoms with E-state index in [2.05, 4.69) is 10.3 Å². The quantitative estimate of drug-likeness (QED) is 0.704. The van der Waals surface area contributed by atoms with Crippen LogP contribution in [0.5, 0.6) is 17.2 Å². The highest BCUT2D eigenvalue weighted by Crippen LogP contribution is 2.38. The summed E-state index contributed by atoms with van der Waals surface area (Å²) in [6, 6.07) is 9.06. The van der Waals surface area contributed by atoms with Crippen molar-refractivity contribution in [3.8, 4) is 17.2 Å². The van der Waals surface area contributed by atoms with Crippen LogP contribution in [0.15, 0.2) is 41.4 Å². The Bertz CT molecular complexity index is 1080. The highest BCUT2D eigenvalue weighted by atomic mass is 35.5. The van der Waals surface area contributed by atoms with Crippen molar-refractivity contribution < 1.29 is 28.6 Å². The summed E-state index contributed by atoms with van der Waals surface area (Å²) in [5.74, 6) is 0.419. The number of carbonyl (C=O) groups is 3. The van der Waals surface area contributed by atoms with Crippen LogP contribution in [0.4, 0.5) is 10.5 Å². The van der Waals surface area contributed by atoms with Gasteiger partial charge in [0.1, 0.15) is 18.0 Å². The van der Waals surface area contributed by atoms with Gasteiger partial charge in [-0.2, -0.15) is 4.99 Å². The second-order valence-corrected chi connectivity index (χ2v) is 7.15. The lowest BCUT2D eigenvalue weighted by Gasteiger charge is -2.14. The Labute approximate surface area is 182 Å². The van der Waals surface area contributed by atoms with Gasteiger partial charge in [0.2, 0.25) is 12.7 Å². The summed E-state index contributed by atoms with van der Waals surface area (Å²) < 4.78 is 16.4. The number of hydrogen-bond acceptors (Lipinski definition) is 6. The van der Waals surface area contributed by atoms with Gasteiger partial charge in [0.15, 0.2) is 11.5 Å². The summed E-state index contributed by atoms with van der Waals surface area (Å²) >= 11 is 5.82. The lowest BCUT2D eigenvalue weighted by atomic mass is 10.1. The zero-order valence-electron chi connectivity index (χ0n) is 16.5. The molecular weight excluding hydrogens is 426 g/mol. The number of halogens is 1. The molecule has 0 saturated carbocycles. The van der Waals surface area contributed by atoms with Crippen LogP contribution in [-0.2, 0) is 16.0 Å². The van der Waals surface area contributed by atoms with Crippen LogP contribution in [0.2, 0.25) is 5.02 Å². The average Bonchev–Trinajstić information content (AvgIpc) is 3.29. The standard InChI is InChI=1S/C21H18ClN3O6/c1-2-29-16-9-18-17(30-11-31-18)8-12(16)7-15-20(27)25(21(28)24-15)10-19(26)23-14-5-3-13(22)4-6-14/h3-6,8-9H,2,7,10-11H2,1H3,(H,23,26). The van der Waals surface area contributed by atoms with E-state index in [-0.39, 0.29) is 18.9 Å². The molecule has 0 spiro atoms. The van der Waals surface area contributed by atoms with Gasteiger partial charge >= 0.3 is 6.03 Å². The summed E-state index contributed by atoms with van der Waals surface area (Å²) in [4.78, 5) is 41.9. The van der Waals surface area contributed by atoms with E-state index in [1.165, 1.54) is 0 Å². The van der Waals surface area contributed by atoms with E-state index < -0.39 is 24.4 Å². The van der Waals surface area contributed by atoms with Crippen LogP contribution >= 0.6 is 11.6 Å². The van der Waals surface area contributed by atoms with Crippen molar-refractivity contribution in [3.05, 3.63) is 47.0 Å². The highest BCUT2D eigenvalue weighted by molar-refractivity contribution is 6.46. The third-order valence-electron chi connectivity index (χ3n) is 4.60. The smallest absolute Gasteiger partial charge is 0.351 e. The number of nitrogens with zero attached hydrogens (tertiary/aromatic N) is 2. The number of aliphatic imine (C=N–C) groups is 1. The fourth-order valence-corrected chi connectivity index (χ4v) is 3.30. The molecule has 160 valence electrons. The molecular formula is C21H18ClN3O6. The monoisotopic (exact) mass is 443 g/mol. The Hall–Kier alpha value is -3.59. The number of hydrogen-bond donors (Lipinski definition) is 1. The number of ether oxygens (including phenoxy) is 3. The molecule has 2 aliphatic heterocycles. The van der Waals surface area contributed by atoms with Crippen LogP contribution in [0.3, 0.4) is 0 Å². The number of rotatable bonds is 7. The molecule has 2 aromatic carbocycles. The fourth-order valence-electron chi connectivity index (χ4n) is 3.17. The van der Waals surface area contributed by atoms with Crippen molar-refractivity contribution in [1.29, 1.82) is 0 Å². The summed E-state index contributed by atoms with van der Waals surface area (Å²) in [5, 5.41) is 3.13. The van der Waals surface area contributed by atoms with Crippen molar-refractivity contribution in [2.75, 3.05) is 25.3 Å². The molecule has 0 atom stereocenters. The van der Waals surface area contributed by atoms with Crippen LogP contribution in [0.25, 0.3) is 0 Å². The molecule has 1 N–H and O–H groups in total. The number of amides is 4. The second kappa shape index (κ2) is 8.65. The number of nitrogens with one attached hydrogen (secondary N) is 1. The lowest BCUT2D eigenvalue weighted by Crippen LogP contribution is -2.39. The first-order valence-electron chi connectivity index (χ1n) is 9.48. The van der Waals surface area contributed by atoms with Crippen molar-refractivity contribution in [2.24, 2.45) is 4.99 Å². The minimum absolute atomic E-state index is 0.0177. The third-order valence-corrected chi connectivity index (χ3v) is 4.85. The van der Waals surface area contributed by atoms with E-state index in [1.54, 1.807) is 36.4 Å². The maximum atomic E-state index is 12.7. The molecule has 2 heterocycles. The summed E-state index contributed by atoms with van der Waals surface area (Å²) in [6.45, 7) is 1.88. The van der Waals surface area contributed by atoms with Crippen LogP contribution in [0.1, 0.15) is 12.5 Å². The van der Waals surface area contributed by atoms with Crippen LogP contribution in [0, 0.1) is 0 Å². The van der Waals surface area contributed by atoms with Gasteiger partial charge in [-0.15, -0.1) is 0 Å². The molecule has 4 rings (SSSR count). The maximum Gasteiger partial charge on any atom is 0.351 e. The lowest BCUT2D eigenvalue weighted by molar-refractivity contribution is -0.125. The van der Waals surface area contributed by atoms with Gasteiger partial charge in [-0.3, -0.25) is 9.59 Å². The number of anilines is 1. The summed E-state index contributed by atoms with van der Waals surface area (Å²) in [6.07, 6.45) is 0.0475.